The molecule has 1 fully saturated rings. The Balaban J connectivity index is 1.64. The Kier molecular flexibility index (Phi) is 4.71. The van der Waals surface area contributed by atoms with E-state index in [4.69, 9.17) is 5.11 Å². The molecule has 1 aliphatic heterocycles. The smallest absolute Gasteiger partial charge is 0.404 e. The summed E-state index contributed by atoms with van der Waals surface area (Å²) < 4.78 is 0. The molecule has 1 saturated heterocycles. The predicted molar refractivity (Wildman–Crippen MR) is 88.4 cm³/mol. The van der Waals surface area contributed by atoms with Crippen molar-refractivity contribution in [1.82, 2.24) is 15.3 Å². The maximum Gasteiger partial charge on any atom is 0.404 e. The zero-order chi connectivity index (χ0) is 16.1. The highest BCUT2D eigenvalue weighted by Crippen LogP contribution is 2.23. The second-order valence-corrected chi connectivity index (χ2v) is 5.72. The van der Waals surface area contributed by atoms with Crippen molar-refractivity contribution in [2.75, 3.05) is 24.5 Å². The number of aromatic nitrogens is 2. The van der Waals surface area contributed by atoms with Gasteiger partial charge in [-0.1, -0.05) is 30.3 Å². The third kappa shape index (κ3) is 3.97. The van der Waals surface area contributed by atoms with Crippen molar-refractivity contribution in [3.63, 3.8) is 0 Å². The maximum atomic E-state index is 10.6. The zero-order valence-corrected chi connectivity index (χ0v) is 12.9. The molecular formula is C17H20N4O2. The van der Waals surface area contributed by atoms with Gasteiger partial charge in [-0.15, -0.1) is 0 Å². The fourth-order valence-corrected chi connectivity index (χ4v) is 2.84. The van der Waals surface area contributed by atoms with Gasteiger partial charge in [-0.05, 0) is 24.8 Å². The number of hydrogen-bond acceptors (Lipinski definition) is 4. The van der Waals surface area contributed by atoms with Crippen LogP contribution >= 0.6 is 0 Å². The average molecular weight is 312 g/mol. The van der Waals surface area contributed by atoms with Crippen LogP contribution in [0.15, 0.2) is 42.6 Å². The lowest BCUT2D eigenvalue weighted by Gasteiger charge is -2.32. The first-order valence-electron chi connectivity index (χ1n) is 7.82. The lowest BCUT2D eigenvalue weighted by molar-refractivity contribution is 0.191. The molecule has 3 rings (SSSR count). The van der Waals surface area contributed by atoms with Crippen molar-refractivity contribution in [2.24, 2.45) is 5.92 Å². The Morgan fingerprint density at radius 2 is 1.96 bits per heavy atom. The molecule has 0 aliphatic carbocycles. The van der Waals surface area contributed by atoms with Gasteiger partial charge in [-0.25, -0.2) is 14.8 Å². The number of benzene rings is 1. The first-order valence-corrected chi connectivity index (χ1v) is 7.82. The van der Waals surface area contributed by atoms with E-state index in [0.717, 1.165) is 43.1 Å². The number of amides is 1. The molecular weight excluding hydrogens is 292 g/mol. The van der Waals surface area contributed by atoms with E-state index in [2.05, 4.69) is 20.2 Å². The molecule has 1 aromatic heterocycles. The molecule has 2 N–H and O–H groups in total. The molecule has 0 atom stereocenters. The molecule has 120 valence electrons. The summed E-state index contributed by atoms with van der Waals surface area (Å²) >= 11 is 0. The van der Waals surface area contributed by atoms with Gasteiger partial charge in [0.15, 0.2) is 0 Å². The summed E-state index contributed by atoms with van der Waals surface area (Å²) in [5, 5.41) is 11.1. The molecule has 6 nitrogen and oxygen atoms in total. The number of piperidine rings is 1. The SMILES string of the molecule is O=C(O)NCC1CCN(c2nccc(-c3ccccc3)n2)CC1. The van der Waals surface area contributed by atoms with Gasteiger partial charge in [-0.3, -0.25) is 0 Å². The van der Waals surface area contributed by atoms with E-state index in [0.29, 0.717) is 12.5 Å². The molecule has 1 aliphatic rings. The Morgan fingerprint density at radius 1 is 1.22 bits per heavy atom. The fraction of sp³-hybridized carbons (Fsp3) is 0.353. The van der Waals surface area contributed by atoms with Crippen LogP contribution in [0.1, 0.15) is 12.8 Å². The molecule has 1 aromatic carbocycles. The third-order valence-corrected chi connectivity index (χ3v) is 4.15. The van der Waals surface area contributed by atoms with E-state index < -0.39 is 6.09 Å². The molecule has 0 bridgehead atoms. The summed E-state index contributed by atoms with van der Waals surface area (Å²) in [5.74, 6) is 1.13. The van der Waals surface area contributed by atoms with Crippen molar-refractivity contribution >= 4 is 12.0 Å². The van der Waals surface area contributed by atoms with Crippen LogP contribution in [0.5, 0.6) is 0 Å². The van der Waals surface area contributed by atoms with Crippen LogP contribution in [0.4, 0.5) is 10.7 Å². The second-order valence-electron chi connectivity index (χ2n) is 5.72. The van der Waals surface area contributed by atoms with Crippen LogP contribution in [-0.2, 0) is 0 Å². The van der Waals surface area contributed by atoms with Crippen molar-refractivity contribution in [2.45, 2.75) is 12.8 Å². The van der Waals surface area contributed by atoms with Crippen molar-refractivity contribution in [1.29, 1.82) is 0 Å². The van der Waals surface area contributed by atoms with Gasteiger partial charge in [0.1, 0.15) is 0 Å². The van der Waals surface area contributed by atoms with Gasteiger partial charge in [-0.2, -0.15) is 0 Å². The molecule has 23 heavy (non-hydrogen) atoms. The molecule has 2 aromatic rings. The van der Waals surface area contributed by atoms with Gasteiger partial charge in [0.05, 0.1) is 5.69 Å². The number of nitrogens with zero attached hydrogens (tertiary/aromatic N) is 3. The van der Waals surface area contributed by atoms with Gasteiger partial charge in [0.2, 0.25) is 5.95 Å². The fourth-order valence-electron chi connectivity index (χ4n) is 2.84. The number of hydrogen-bond donors (Lipinski definition) is 2. The van der Waals surface area contributed by atoms with E-state index >= 15 is 0 Å². The number of anilines is 1. The van der Waals surface area contributed by atoms with E-state index in [-0.39, 0.29) is 0 Å². The second kappa shape index (κ2) is 7.09. The minimum absolute atomic E-state index is 0.389. The van der Waals surface area contributed by atoms with Crippen molar-refractivity contribution < 1.29 is 9.90 Å². The van der Waals surface area contributed by atoms with Gasteiger partial charge < -0.3 is 15.3 Å². The van der Waals surface area contributed by atoms with Crippen LogP contribution in [0.25, 0.3) is 11.3 Å². The number of rotatable bonds is 4. The Hall–Kier alpha value is -2.63. The zero-order valence-electron chi connectivity index (χ0n) is 12.9. The largest absolute Gasteiger partial charge is 0.465 e. The summed E-state index contributed by atoms with van der Waals surface area (Å²) in [6.45, 7) is 2.22. The third-order valence-electron chi connectivity index (χ3n) is 4.15. The molecule has 0 unspecified atom stereocenters. The van der Waals surface area contributed by atoms with Crippen LogP contribution in [-0.4, -0.2) is 40.8 Å². The Bertz CT molecular complexity index is 655. The van der Waals surface area contributed by atoms with Gasteiger partial charge in [0.25, 0.3) is 0 Å². The van der Waals surface area contributed by atoms with Crippen LogP contribution in [0.2, 0.25) is 0 Å². The normalized spacial score (nSPS) is 15.4. The quantitative estimate of drug-likeness (QED) is 0.907. The molecule has 0 saturated carbocycles. The average Bonchev–Trinajstić information content (AvgIpc) is 2.61. The molecule has 0 spiro atoms. The maximum absolute atomic E-state index is 10.6. The monoisotopic (exact) mass is 312 g/mol. The minimum atomic E-state index is -0.952. The lowest BCUT2D eigenvalue weighted by atomic mass is 9.97. The number of carboxylic acid groups (broad SMARTS) is 1. The van der Waals surface area contributed by atoms with E-state index in [1.54, 1.807) is 6.20 Å². The van der Waals surface area contributed by atoms with Crippen LogP contribution in [0, 0.1) is 5.92 Å². The van der Waals surface area contributed by atoms with Crippen molar-refractivity contribution in [3.05, 3.63) is 42.6 Å². The first kappa shape index (κ1) is 15.3. The molecule has 2 heterocycles. The van der Waals surface area contributed by atoms with Crippen LogP contribution in [0.3, 0.4) is 0 Å². The minimum Gasteiger partial charge on any atom is -0.465 e. The van der Waals surface area contributed by atoms with Crippen molar-refractivity contribution in [3.8, 4) is 11.3 Å². The number of carbonyl (C=O) groups is 1. The first-order chi connectivity index (χ1) is 11.2. The summed E-state index contributed by atoms with van der Waals surface area (Å²) in [5.41, 5.74) is 2.00. The predicted octanol–water partition coefficient (Wildman–Crippen LogP) is 2.63. The summed E-state index contributed by atoms with van der Waals surface area (Å²) in [6.07, 6.45) is 2.73. The van der Waals surface area contributed by atoms with E-state index in [9.17, 15) is 4.79 Å². The Morgan fingerprint density at radius 3 is 2.65 bits per heavy atom. The standard InChI is InChI=1S/C17H20N4O2/c22-17(23)19-12-13-7-10-21(11-8-13)16-18-9-6-15(20-16)14-4-2-1-3-5-14/h1-6,9,13,19H,7-8,10-12H2,(H,22,23). The van der Waals surface area contributed by atoms with E-state index in [1.165, 1.54) is 0 Å². The summed E-state index contributed by atoms with van der Waals surface area (Å²) in [7, 11) is 0. The summed E-state index contributed by atoms with van der Waals surface area (Å²) in [6, 6.07) is 12.0. The van der Waals surface area contributed by atoms with Crippen LogP contribution < -0.4 is 10.2 Å². The molecule has 6 heteroatoms. The Labute approximate surface area is 135 Å². The topological polar surface area (TPSA) is 78.4 Å². The molecule has 0 radical (unpaired) electrons. The number of nitrogens with one attached hydrogen (secondary N) is 1. The van der Waals surface area contributed by atoms with Gasteiger partial charge >= 0.3 is 6.09 Å². The highest BCUT2D eigenvalue weighted by atomic mass is 16.4. The highest BCUT2D eigenvalue weighted by Gasteiger charge is 2.21. The lowest BCUT2D eigenvalue weighted by Crippen LogP contribution is -2.39. The van der Waals surface area contributed by atoms with Gasteiger partial charge in [0, 0.05) is 31.4 Å². The molecule has 1 amide bonds. The van der Waals surface area contributed by atoms with E-state index in [1.807, 2.05) is 36.4 Å². The highest BCUT2D eigenvalue weighted by molar-refractivity contribution is 5.64. The summed E-state index contributed by atoms with van der Waals surface area (Å²) in [4.78, 5) is 21.8.